The fourth-order valence-corrected chi connectivity index (χ4v) is 4.30. The Balaban J connectivity index is 1.53. The van der Waals surface area contributed by atoms with Gasteiger partial charge >= 0.3 is 0 Å². The minimum absolute atomic E-state index is 0.185. The summed E-state index contributed by atoms with van der Waals surface area (Å²) in [7, 11) is 0. The van der Waals surface area contributed by atoms with Crippen LogP contribution in [0.1, 0.15) is 74.0 Å². The van der Waals surface area contributed by atoms with Gasteiger partial charge in [-0.15, -0.1) is 10.2 Å². The van der Waals surface area contributed by atoms with E-state index in [2.05, 4.69) is 36.1 Å². The van der Waals surface area contributed by atoms with Crippen LogP contribution >= 0.6 is 0 Å². The van der Waals surface area contributed by atoms with Gasteiger partial charge in [0.2, 0.25) is 0 Å². The zero-order valence-corrected chi connectivity index (χ0v) is 18.0. The summed E-state index contributed by atoms with van der Waals surface area (Å²) in [6.07, 6.45) is 12.1. The van der Waals surface area contributed by atoms with Crippen molar-refractivity contribution in [3.63, 3.8) is 0 Å². The average Bonchev–Trinajstić information content (AvgIpc) is 2.82. The van der Waals surface area contributed by atoms with Gasteiger partial charge in [0.1, 0.15) is 11.9 Å². The van der Waals surface area contributed by atoms with E-state index in [1.54, 1.807) is 6.07 Å². The predicted octanol–water partition coefficient (Wildman–Crippen LogP) is 2.63. The molecule has 0 radical (unpaired) electrons. The van der Waals surface area contributed by atoms with Gasteiger partial charge in [-0.3, -0.25) is 4.79 Å². The Morgan fingerprint density at radius 2 is 1.75 bits per heavy atom. The molecule has 0 aliphatic heterocycles. The zero-order valence-electron chi connectivity index (χ0n) is 18.0. The molecule has 0 spiro atoms. The summed E-state index contributed by atoms with van der Waals surface area (Å²) in [6, 6.07) is 4.36. The molecule has 10 nitrogen and oxygen atoms in total. The van der Waals surface area contributed by atoms with Crippen LogP contribution in [0.25, 0.3) is 0 Å². The SMILES string of the molecule is N#Cc1cnc(Nc2cc(NC3CCC(N)CC3)c(C(=O)NC3CCCCC3)nn2)cn1. The Morgan fingerprint density at radius 3 is 2.44 bits per heavy atom. The Kier molecular flexibility index (Phi) is 7.07. The van der Waals surface area contributed by atoms with Gasteiger partial charge in [0.05, 0.1) is 18.1 Å². The van der Waals surface area contributed by atoms with Crippen LogP contribution in [0, 0.1) is 11.3 Å². The van der Waals surface area contributed by atoms with Gasteiger partial charge in [0.25, 0.3) is 5.91 Å². The van der Waals surface area contributed by atoms with Crippen molar-refractivity contribution < 1.29 is 4.79 Å². The van der Waals surface area contributed by atoms with E-state index in [0.717, 1.165) is 51.4 Å². The normalized spacial score (nSPS) is 21.4. The zero-order chi connectivity index (χ0) is 22.3. The molecule has 5 N–H and O–H groups in total. The second-order valence-electron chi connectivity index (χ2n) is 8.58. The summed E-state index contributed by atoms with van der Waals surface area (Å²) in [6.45, 7) is 0. The number of rotatable bonds is 6. The smallest absolute Gasteiger partial charge is 0.274 e. The highest BCUT2D eigenvalue weighted by molar-refractivity contribution is 5.98. The number of nitrogens with two attached hydrogens (primary N) is 1. The van der Waals surface area contributed by atoms with E-state index in [1.165, 1.54) is 18.8 Å². The van der Waals surface area contributed by atoms with Crippen molar-refractivity contribution >= 4 is 23.2 Å². The third kappa shape index (κ3) is 5.68. The van der Waals surface area contributed by atoms with Crippen LogP contribution in [0.2, 0.25) is 0 Å². The van der Waals surface area contributed by atoms with E-state index in [0.29, 0.717) is 23.0 Å². The fraction of sp³-hybridized carbons (Fsp3) is 0.545. The molecule has 2 heterocycles. The van der Waals surface area contributed by atoms with Gasteiger partial charge in [-0.05, 0) is 38.5 Å². The highest BCUT2D eigenvalue weighted by Gasteiger charge is 2.24. The molecular weight excluding hydrogens is 406 g/mol. The van der Waals surface area contributed by atoms with E-state index < -0.39 is 0 Å². The third-order valence-electron chi connectivity index (χ3n) is 6.10. The first-order valence-corrected chi connectivity index (χ1v) is 11.3. The van der Waals surface area contributed by atoms with Crippen molar-refractivity contribution in [3.8, 4) is 6.07 Å². The monoisotopic (exact) mass is 435 g/mol. The molecule has 2 aliphatic rings. The minimum Gasteiger partial charge on any atom is -0.380 e. The molecule has 10 heteroatoms. The van der Waals surface area contributed by atoms with Gasteiger partial charge in [-0.2, -0.15) is 5.26 Å². The number of nitrogens with one attached hydrogen (secondary N) is 3. The van der Waals surface area contributed by atoms with Crippen molar-refractivity contribution in [1.29, 1.82) is 5.26 Å². The topological polar surface area (TPSA) is 155 Å². The molecule has 2 aliphatic carbocycles. The molecule has 0 saturated heterocycles. The molecule has 32 heavy (non-hydrogen) atoms. The van der Waals surface area contributed by atoms with Crippen molar-refractivity contribution in [1.82, 2.24) is 25.5 Å². The molecule has 168 valence electrons. The Bertz CT molecular complexity index is 958. The fourth-order valence-electron chi connectivity index (χ4n) is 4.30. The molecule has 1 amide bonds. The van der Waals surface area contributed by atoms with Crippen molar-refractivity contribution in [2.24, 2.45) is 5.73 Å². The Labute approximate surface area is 187 Å². The molecule has 2 aromatic heterocycles. The third-order valence-corrected chi connectivity index (χ3v) is 6.10. The lowest BCUT2D eigenvalue weighted by Gasteiger charge is -2.28. The van der Waals surface area contributed by atoms with Crippen LogP contribution in [0.5, 0.6) is 0 Å². The van der Waals surface area contributed by atoms with Gasteiger partial charge in [0.15, 0.2) is 17.2 Å². The van der Waals surface area contributed by atoms with Gasteiger partial charge < -0.3 is 21.7 Å². The number of nitrogens with zero attached hydrogens (tertiary/aromatic N) is 5. The lowest BCUT2D eigenvalue weighted by molar-refractivity contribution is 0.0922. The summed E-state index contributed by atoms with van der Waals surface area (Å²) < 4.78 is 0. The first-order valence-electron chi connectivity index (χ1n) is 11.3. The van der Waals surface area contributed by atoms with Crippen LogP contribution in [-0.4, -0.2) is 44.2 Å². The maximum Gasteiger partial charge on any atom is 0.274 e. The van der Waals surface area contributed by atoms with Gasteiger partial charge in [-0.25, -0.2) is 9.97 Å². The number of anilines is 3. The summed E-state index contributed by atoms with van der Waals surface area (Å²) in [5.41, 5.74) is 7.21. The highest BCUT2D eigenvalue weighted by Crippen LogP contribution is 2.26. The van der Waals surface area contributed by atoms with E-state index >= 15 is 0 Å². The molecule has 0 aromatic carbocycles. The van der Waals surface area contributed by atoms with Crippen molar-refractivity contribution in [3.05, 3.63) is 29.8 Å². The van der Waals surface area contributed by atoms with E-state index in [-0.39, 0.29) is 29.7 Å². The number of nitriles is 1. The molecule has 2 fully saturated rings. The van der Waals surface area contributed by atoms with Crippen LogP contribution in [-0.2, 0) is 0 Å². The Morgan fingerprint density at radius 1 is 0.969 bits per heavy atom. The quantitative estimate of drug-likeness (QED) is 0.536. The van der Waals surface area contributed by atoms with Crippen molar-refractivity contribution in [2.45, 2.75) is 75.9 Å². The summed E-state index contributed by atoms with van der Waals surface area (Å²) in [5.74, 6) is 0.671. The van der Waals surface area contributed by atoms with E-state index in [9.17, 15) is 4.79 Å². The molecule has 4 rings (SSSR count). The summed E-state index contributed by atoms with van der Waals surface area (Å²) in [4.78, 5) is 21.2. The van der Waals surface area contributed by atoms with Gasteiger partial charge in [0, 0.05) is 24.2 Å². The Hall–Kier alpha value is -3.32. The van der Waals surface area contributed by atoms with E-state index in [1.807, 2.05) is 6.07 Å². The molecular formula is C22H29N9O. The number of hydrogen-bond acceptors (Lipinski definition) is 9. The summed E-state index contributed by atoms with van der Waals surface area (Å²) in [5, 5.41) is 27.0. The number of hydrogen-bond donors (Lipinski definition) is 4. The molecule has 0 unspecified atom stereocenters. The number of amides is 1. The molecule has 2 saturated carbocycles. The second kappa shape index (κ2) is 10.3. The van der Waals surface area contributed by atoms with Gasteiger partial charge in [-0.1, -0.05) is 19.3 Å². The first kappa shape index (κ1) is 21.9. The van der Waals surface area contributed by atoms with Crippen LogP contribution in [0.15, 0.2) is 18.5 Å². The van der Waals surface area contributed by atoms with Crippen LogP contribution in [0.3, 0.4) is 0 Å². The van der Waals surface area contributed by atoms with Crippen LogP contribution in [0.4, 0.5) is 17.3 Å². The number of aromatic nitrogens is 4. The molecule has 0 bridgehead atoms. The number of carbonyl (C=O) groups excluding carboxylic acids is 1. The highest BCUT2D eigenvalue weighted by atomic mass is 16.2. The van der Waals surface area contributed by atoms with Crippen LogP contribution < -0.4 is 21.7 Å². The summed E-state index contributed by atoms with van der Waals surface area (Å²) >= 11 is 0. The first-order chi connectivity index (χ1) is 15.6. The lowest BCUT2D eigenvalue weighted by Crippen LogP contribution is -2.38. The standard InChI is InChI=1S/C22H29N9O/c23-11-17-12-26-20(13-25-17)29-19-10-18(27-16-8-6-14(24)7-9-16)21(31-30-19)22(32)28-15-4-2-1-3-5-15/h10,12-16H,1-9,24H2,(H,28,32)(H2,26,27,29,30). The largest absolute Gasteiger partial charge is 0.380 e. The minimum atomic E-state index is -0.205. The molecule has 0 atom stereocenters. The maximum atomic E-state index is 13.0. The predicted molar refractivity (Wildman–Crippen MR) is 120 cm³/mol. The average molecular weight is 436 g/mol. The molecule has 2 aromatic rings. The second-order valence-corrected chi connectivity index (χ2v) is 8.58. The van der Waals surface area contributed by atoms with Crippen molar-refractivity contribution in [2.75, 3.05) is 10.6 Å². The van der Waals surface area contributed by atoms with E-state index in [4.69, 9.17) is 11.0 Å². The maximum absolute atomic E-state index is 13.0. The lowest BCUT2D eigenvalue weighted by atomic mass is 9.91. The number of carbonyl (C=O) groups is 1.